The Balaban J connectivity index is 2.30. The predicted molar refractivity (Wildman–Crippen MR) is 108 cm³/mol. The second-order valence-corrected chi connectivity index (χ2v) is 19.7. The van der Waals surface area contributed by atoms with Gasteiger partial charge in [0.1, 0.15) is 12.2 Å². The van der Waals surface area contributed by atoms with Gasteiger partial charge in [-0.25, -0.2) is 0 Å². The third kappa shape index (κ3) is 3.57. The maximum Gasteiger partial charge on any atom is 0.193 e. The van der Waals surface area contributed by atoms with Gasteiger partial charge in [0.2, 0.25) is 0 Å². The smallest absolute Gasteiger partial charge is 0.193 e. The molecule has 0 spiro atoms. The SMILES string of the molecule is CC(C)(C)[Si](C)(C)OC1c2ccccc2[C@H]1O[Si](C)(C)C(C)(C)C. The Morgan fingerprint density at radius 2 is 0.958 bits per heavy atom. The lowest BCUT2D eigenvalue weighted by molar-refractivity contribution is 0.00403. The van der Waals surface area contributed by atoms with Crippen LogP contribution in [0.3, 0.4) is 0 Å². The van der Waals surface area contributed by atoms with E-state index >= 15 is 0 Å². The fourth-order valence-corrected chi connectivity index (χ4v) is 4.98. The molecule has 136 valence electrons. The van der Waals surface area contributed by atoms with Crippen molar-refractivity contribution in [2.24, 2.45) is 0 Å². The summed E-state index contributed by atoms with van der Waals surface area (Å²) in [5, 5.41) is 0.415. The normalized spacial score (nSPS) is 22.1. The summed E-state index contributed by atoms with van der Waals surface area (Å²) in [7, 11) is -3.67. The highest BCUT2D eigenvalue weighted by Gasteiger charge is 2.50. The molecule has 0 heterocycles. The molecule has 2 rings (SSSR count). The van der Waals surface area contributed by atoms with Crippen molar-refractivity contribution in [2.45, 2.75) is 90.0 Å². The largest absolute Gasteiger partial charge is 0.407 e. The van der Waals surface area contributed by atoms with Crippen LogP contribution in [0.25, 0.3) is 0 Å². The maximum absolute atomic E-state index is 6.77. The highest BCUT2D eigenvalue weighted by atomic mass is 28.4. The third-order valence-corrected chi connectivity index (χ3v) is 15.3. The molecule has 0 saturated heterocycles. The van der Waals surface area contributed by atoms with Crippen LogP contribution in [-0.4, -0.2) is 16.6 Å². The first-order valence-electron chi connectivity index (χ1n) is 9.12. The fourth-order valence-electron chi connectivity index (χ4n) is 2.50. The van der Waals surface area contributed by atoms with E-state index in [0.717, 1.165) is 0 Å². The molecule has 1 unspecified atom stereocenters. The molecule has 1 aliphatic rings. The first kappa shape index (κ1) is 19.9. The van der Waals surface area contributed by atoms with Crippen molar-refractivity contribution >= 4 is 16.6 Å². The molecule has 0 aromatic heterocycles. The summed E-state index contributed by atoms with van der Waals surface area (Å²) < 4.78 is 13.5. The Bertz CT molecular complexity index is 541. The first-order chi connectivity index (χ1) is 10.7. The highest BCUT2D eigenvalue weighted by Crippen LogP contribution is 2.54. The molecule has 0 saturated carbocycles. The summed E-state index contributed by atoms with van der Waals surface area (Å²) in [6.45, 7) is 23.1. The van der Waals surface area contributed by atoms with Crippen molar-refractivity contribution in [3.8, 4) is 0 Å². The second kappa shape index (κ2) is 6.08. The lowest BCUT2D eigenvalue weighted by atomic mass is 9.83. The van der Waals surface area contributed by atoms with E-state index in [-0.39, 0.29) is 22.3 Å². The van der Waals surface area contributed by atoms with Crippen LogP contribution in [0.2, 0.25) is 36.3 Å². The van der Waals surface area contributed by atoms with Gasteiger partial charge in [-0.1, -0.05) is 65.8 Å². The van der Waals surface area contributed by atoms with E-state index in [9.17, 15) is 0 Å². The van der Waals surface area contributed by atoms with Gasteiger partial charge in [0.05, 0.1) is 0 Å². The second-order valence-electron chi connectivity index (χ2n) is 10.2. The summed E-state index contributed by atoms with van der Waals surface area (Å²) in [5.74, 6) is 0. The lowest BCUT2D eigenvalue weighted by Gasteiger charge is -2.50. The highest BCUT2D eigenvalue weighted by molar-refractivity contribution is 6.74. The van der Waals surface area contributed by atoms with E-state index in [4.69, 9.17) is 8.85 Å². The minimum Gasteiger partial charge on any atom is -0.407 e. The minimum absolute atomic E-state index is 0.0937. The summed E-state index contributed by atoms with van der Waals surface area (Å²) in [6, 6.07) is 8.64. The van der Waals surface area contributed by atoms with E-state index in [1.165, 1.54) is 11.1 Å². The van der Waals surface area contributed by atoms with Crippen LogP contribution in [0, 0.1) is 0 Å². The topological polar surface area (TPSA) is 18.5 Å². The fraction of sp³-hybridized carbons (Fsp3) is 0.700. The van der Waals surface area contributed by atoms with Crippen molar-refractivity contribution in [3.63, 3.8) is 0 Å². The zero-order valence-corrected chi connectivity index (χ0v) is 19.3. The zero-order valence-electron chi connectivity index (χ0n) is 17.3. The number of benzene rings is 1. The summed E-state index contributed by atoms with van der Waals surface area (Å²) >= 11 is 0. The van der Waals surface area contributed by atoms with E-state index in [1.54, 1.807) is 0 Å². The molecule has 0 amide bonds. The van der Waals surface area contributed by atoms with Crippen LogP contribution in [0.4, 0.5) is 0 Å². The zero-order chi connectivity index (χ0) is 18.6. The van der Waals surface area contributed by atoms with Crippen LogP contribution in [0.15, 0.2) is 24.3 Å². The van der Waals surface area contributed by atoms with E-state index in [2.05, 4.69) is 92.0 Å². The lowest BCUT2D eigenvalue weighted by Crippen LogP contribution is -2.49. The number of fused-ring (bicyclic) bond motifs is 1. The number of hydrogen-bond acceptors (Lipinski definition) is 2. The number of rotatable bonds is 4. The van der Waals surface area contributed by atoms with Crippen LogP contribution in [0.5, 0.6) is 0 Å². The Hall–Kier alpha value is -0.426. The Labute approximate surface area is 151 Å². The first-order valence-corrected chi connectivity index (χ1v) is 14.9. The van der Waals surface area contributed by atoms with Crippen molar-refractivity contribution < 1.29 is 8.85 Å². The average Bonchev–Trinajstić information content (AvgIpc) is 2.40. The van der Waals surface area contributed by atoms with Gasteiger partial charge in [-0.3, -0.25) is 0 Å². The molecular weight excluding hydrogens is 328 g/mol. The molecule has 1 aliphatic carbocycles. The Morgan fingerprint density at radius 1 is 0.667 bits per heavy atom. The molecule has 0 N–H and O–H groups in total. The van der Waals surface area contributed by atoms with E-state index in [0.29, 0.717) is 0 Å². The van der Waals surface area contributed by atoms with Crippen molar-refractivity contribution in [1.29, 1.82) is 0 Å². The Kier molecular flexibility index (Phi) is 5.04. The van der Waals surface area contributed by atoms with Crippen LogP contribution < -0.4 is 0 Å². The molecule has 2 atom stereocenters. The summed E-state index contributed by atoms with van der Waals surface area (Å²) in [5.41, 5.74) is 2.65. The minimum atomic E-state index is -1.83. The molecule has 0 fully saturated rings. The molecule has 0 radical (unpaired) electrons. The molecule has 4 heteroatoms. The van der Waals surface area contributed by atoms with Gasteiger partial charge in [-0.05, 0) is 47.4 Å². The summed E-state index contributed by atoms with van der Waals surface area (Å²) in [4.78, 5) is 0. The molecule has 1 aromatic rings. The molecule has 1 aromatic carbocycles. The molecule has 0 bridgehead atoms. The third-order valence-electron chi connectivity index (χ3n) is 6.34. The Morgan fingerprint density at radius 3 is 1.21 bits per heavy atom. The van der Waals surface area contributed by atoms with Crippen molar-refractivity contribution in [1.82, 2.24) is 0 Å². The van der Waals surface area contributed by atoms with Crippen molar-refractivity contribution in [3.05, 3.63) is 35.4 Å². The molecule has 2 nitrogen and oxygen atoms in total. The van der Waals surface area contributed by atoms with Gasteiger partial charge >= 0.3 is 0 Å². The van der Waals surface area contributed by atoms with Gasteiger partial charge in [0.25, 0.3) is 0 Å². The average molecular weight is 365 g/mol. The van der Waals surface area contributed by atoms with Gasteiger partial charge in [0.15, 0.2) is 16.6 Å². The van der Waals surface area contributed by atoms with Crippen LogP contribution >= 0.6 is 0 Å². The van der Waals surface area contributed by atoms with Crippen LogP contribution in [-0.2, 0) is 8.85 Å². The standard InChI is InChI=1S/C20H36O2Si2/c1-19(2,3)23(7,8)21-17-15-13-11-12-14-16(15)18(17)22-24(9,10)20(4,5)6/h11-14,17-18H,1-10H3/t17-,18?/m1/s1. The molecular formula is C20H36O2Si2. The van der Waals surface area contributed by atoms with Gasteiger partial charge in [0, 0.05) is 0 Å². The monoisotopic (exact) mass is 364 g/mol. The van der Waals surface area contributed by atoms with Crippen molar-refractivity contribution in [2.75, 3.05) is 0 Å². The molecule has 24 heavy (non-hydrogen) atoms. The maximum atomic E-state index is 6.77. The molecule has 0 aliphatic heterocycles. The number of hydrogen-bond donors (Lipinski definition) is 0. The predicted octanol–water partition coefficient (Wildman–Crippen LogP) is 6.83. The van der Waals surface area contributed by atoms with Crippen LogP contribution in [0.1, 0.15) is 64.9 Å². The quantitative estimate of drug-likeness (QED) is 0.545. The van der Waals surface area contributed by atoms with E-state index in [1.807, 2.05) is 0 Å². The van der Waals surface area contributed by atoms with Gasteiger partial charge in [-0.15, -0.1) is 0 Å². The summed E-state index contributed by atoms with van der Waals surface area (Å²) in [6.07, 6.45) is 0.187. The van der Waals surface area contributed by atoms with Gasteiger partial charge in [-0.2, -0.15) is 0 Å². The van der Waals surface area contributed by atoms with Gasteiger partial charge < -0.3 is 8.85 Å². The van der Waals surface area contributed by atoms with E-state index < -0.39 is 16.6 Å².